The van der Waals surface area contributed by atoms with Crippen LogP contribution < -0.4 is 0 Å². The number of hydrogen-bond donors (Lipinski definition) is 0. The molecule has 3 heteroatoms. The topological polar surface area (TPSA) is 17.1 Å². The third-order valence-corrected chi connectivity index (χ3v) is 0. The van der Waals surface area contributed by atoms with E-state index in [4.69, 9.17) is 0 Å². The molecule has 0 aromatic heterocycles. The van der Waals surface area contributed by atoms with Crippen molar-refractivity contribution in [2.45, 2.75) is 6.92 Å². The Hall–Kier alpha value is 0.852. The van der Waals surface area contributed by atoms with Crippen LogP contribution in [0.5, 0.6) is 0 Å². The molecular formula is C3H5OWZn-. The average molecular weight is 306 g/mol. The maximum absolute atomic E-state index is 9.33. The van der Waals surface area contributed by atoms with E-state index in [9.17, 15) is 4.79 Å². The fourth-order valence-electron chi connectivity index (χ4n) is 0. The second-order valence-corrected chi connectivity index (χ2v) is 0.702. The number of hydrogen-bond acceptors (Lipinski definition) is 1. The van der Waals surface area contributed by atoms with Crippen molar-refractivity contribution in [3.05, 3.63) is 6.92 Å². The predicted molar refractivity (Wildman–Crippen MR) is 16.0 cm³/mol. The van der Waals surface area contributed by atoms with Crippen LogP contribution >= 0.6 is 0 Å². The van der Waals surface area contributed by atoms with Gasteiger partial charge in [-0.3, -0.25) is 0 Å². The Morgan fingerprint density at radius 2 is 1.67 bits per heavy atom. The number of ketones is 1. The van der Waals surface area contributed by atoms with E-state index in [1.54, 1.807) is 0 Å². The fraction of sp³-hybridized carbons (Fsp3) is 0.333. The Labute approximate surface area is 64.9 Å². The van der Waals surface area contributed by atoms with Crippen molar-refractivity contribution in [3.8, 4) is 0 Å². The average Bonchev–Trinajstić information content (AvgIpc) is 0.811. The van der Waals surface area contributed by atoms with Gasteiger partial charge in [-0.1, -0.05) is 0 Å². The maximum atomic E-state index is 9.33. The van der Waals surface area contributed by atoms with Crippen LogP contribution in [0, 0.1) is 6.92 Å². The van der Waals surface area contributed by atoms with Gasteiger partial charge in [0.25, 0.3) is 0 Å². The molecule has 0 spiro atoms. The first-order valence-electron chi connectivity index (χ1n) is 1.06. The van der Waals surface area contributed by atoms with Gasteiger partial charge < -0.3 is 11.7 Å². The number of carbonyl (C=O) groups is 1. The van der Waals surface area contributed by atoms with E-state index in [0.717, 1.165) is 0 Å². The molecule has 0 amide bonds. The zero-order valence-corrected chi connectivity index (χ0v) is 9.63. The molecule has 0 radical (unpaired) electrons. The van der Waals surface area contributed by atoms with E-state index >= 15 is 0 Å². The van der Waals surface area contributed by atoms with Gasteiger partial charge >= 0.3 is 0 Å². The quantitative estimate of drug-likeness (QED) is 0.468. The first kappa shape index (κ1) is 15.8. The summed E-state index contributed by atoms with van der Waals surface area (Å²) in [7, 11) is 0. The Kier molecular flexibility index (Phi) is 24.5. The molecule has 0 rings (SSSR count). The first-order chi connectivity index (χ1) is 1.73. The number of Topliss-reactive ketones (excluding diaryl/α,β-unsaturated/α-hetero) is 1. The molecule has 0 aliphatic rings. The van der Waals surface area contributed by atoms with Gasteiger partial charge in [-0.2, -0.15) is 0 Å². The van der Waals surface area contributed by atoms with E-state index in [2.05, 4.69) is 6.92 Å². The monoisotopic (exact) mass is 305 g/mol. The minimum atomic E-state index is -0.0833. The van der Waals surface area contributed by atoms with Crippen LogP contribution in [0.2, 0.25) is 0 Å². The summed E-state index contributed by atoms with van der Waals surface area (Å²) in [5.41, 5.74) is 0. The zero-order valence-electron chi connectivity index (χ0n) is 3.73. The van der Waals surface area contributed by atoms with Crippen LogP contribution in [0.3, 0.4) is 0 Å². The number of rotatable bonds is 0. The van der Waals surface area contributed by atoms with Gasteiger partial charge in [-0.25, -0.2) is 0 Å². The molecule has 0 fully saturated rings. The van der Waals surface area contributed by atoms with Crippen LogP contribution in [0.4, 0.5) is 0 Å². The van der Waals surface area contributed by atoms with Crippen molar-refractivity contribution in [1.82, 2.24) is 0 Å². The SMILES string of the molecule is [CH2-]C(C)=O.[W].[Zn]. The third kappa shape index (κ3) is 99.2. The summed E-state index contributed by atoms with van der Waals surface area (Å²) in [6.45, 7) is 4.42. The Morgan fingerprint density at radius 1 is 1.67 bits per heavy atom. The van der Waals surface area contributed by atoms with E-state index < -0.39 is 0 Å². The molecule has 0 atom stereocenters. The predicted octanol–water partition coefficient (Wildman–Crippen LogP) is 0.404. The van der Waals surface area contributed by atoms with E-state index in [0.29, 0.717) is 0 Å². The van der Waals surface area contributed by atoms with Crippen LogP contribution in [-0.4, -0.2) is 5.78 Å². The van der Waals surface area contributed by atoms with Crippen molar-refractivity contribution < 1.29 is 45.3 Å². The second kappa shape index (κ2) is 9.28. The molecule has 0 saturated carbocycles. The van der Waals surface area contributed by atoms with Crippen molar-refractivity contribution in [1.29, 1.82) is 0 Å². The Bertz CT molecular complexity index is 33.8. The van der Waals surface area contributed by atoms with Crippen LogP contribution in [0.15, 0.2) is 0 Å². The summed E-state index contributed by atoms with van der Waals surface area (Å²) in [5.74, 6) is -0.0833. The standard InChI is InChI=1S/C3H5O.W.Zn/c1-3(2)4;;/h1H2,2H3;;/q-1;;. The minimum absolute atomic E-state index is 0. The molecule has 0 aliphatic heterocycles. The van der Waals surface area contributed by atoms with Gasteiger partial charge in [0.15, 0.2) is 0 Å². The number of carbonyl (C=O) groups excluding carboxylic acids is 1. The largest absolute Gasteiger partial charge is 0.340 e. The van der Waals surface area contributed by atoms with E-state index in [1.807, 2.05) is 0 Å². The van der Waals surface area contributed by atoms with Gasteiger partial charge in [-0.15, -0.1) is 0 Å². The molecule has 0 heterocycles. The van der Waals surface area contributed by atoms with E-state index in [-0.39, 0.29) is 46.3 Å². The molecule has 1 nitrogen and oxygen atoms in total. The fourth-order valence-corrected chi connectivity index (χ4v) is 0. The summed E-state index contributed by atoms with van der Waals surface area (Å²) >= 11 is 0. The molecule has 0 aromatic carbocycles. The van der Waals surface area contributed by atoms with Crippen LogP contribution in [-0.2, 0) is 45.3 Å². The normalized spacial score (nSPS) is 4.17. The Balaban J connectivity index is -0.0000000450. The van der Waals surface area contributed by atoms with Gasteiger partial charge in [-0.05, 0) is 12.7 Å². The van der Waals surface area contributed by atoms with Gasteiger partial charge in [0.05, 0.1) is 0 Å². The smallest absolute Gasteiger partial charge is 0 e. The maximum Gasteiger partial charge on any atom is 0 e. The van der Waals surface area contributed by atoms with Crippen molar-refractivity contribution >= 4 is 5.78 Å². The van der Waals surface area contributed by atoms with E-state index in [1.165, 1.54) is 6.92 Å². The molecular weight excluding hydrogens is 301 g/mol. The molecule has 6 heavy (non-hydrogen) atoms. The molecule has 0 aromatic rings. The van der Waals surface area contributed by atoms with Gasteiger partial charge in [0.1, 0.15) is 0 Å². The summed E-state index contributed by atoms with van der Waals surface area (Å²) in [6.07, 6.45) is 0. The molecule has 0 bridgehead atoms. The molecule has 0 unspecified atom stereocenters. The zero-order chi connectivity index (χ0) is 3.58. The van der Waals surface area contributed by atoms with Crippen molar-refractivity contribution in [2.75, 3.05) is 0 Å². The minimum Gasteiger partial charge on any atom is -0.340 e. The van der Waals surface area contributed by atoms with Crippen LogP contribution in [0.1, 0.15) is 6.92 Å². The van der Waals surface area contributed by atoms with Crippen LogP contribution in [0.25, 0.3) is 0 Å². The first-order valence-corrected chi connectivity index (χ1v) is 1.06. The summed E-state index contributed by atoms with van der Waals surface area (Å²) < 4.78 is 0. The summed E-state index contributed by atoms with van der Waals surface area (Å²) in [6, 6.07) is 0. The molecule has 32 valence electrons. The third-order valence-electron chi connectivity index (χ3n) is 0. The summed E-state index contributed by atoms with van der Waals surface area (Å²) in [5, 5.41) is 0. The molecule has 0 saturated heterocycles. The van der Waals surface area contributed by atoms with Gasteiger partial charge in [0.2, 0.25) is 0 Å². The van der Waals surface area contributed by atoms with Crippen molar-refractivity contribution in [3.63, 3.8) is 0 Å². The Morgan fingerprint density at radius 3 is 1.67 bits per heavy atom. The molecule has 0 N–H and O–H groups in total. The van der Waals surface area contributed by atoms with Crippen molar-refractivity contribution in [2.24, 2.45) is 0 Å². The van der Waals surface area contributed by atoms with Gasteiger partial charge in [0, 0.05) is 40.5 Å². The second-order valence-electron chi connectivity index (χ2n) is 0.702. The molecule has 0 aliphatic carbocycles. The summed E-state index contributed by atoms with van der Waals surface area (Å²) in [4.78, 5) is 9.33.